The summed E-state index contributed by atoms with van der Waals surface area (Å²) in [6.07, 6.45) is -3.29. The fraction of sp³-hybridized carbons (Fsp3) is 0.500. The van der Waals surface area contributed by atoms with Crippen molar-refractivity contribution in [3.63, 3.8) is 0 Å². The molecule has 0 bridgehead atoms. The van der Waals surface area contributed by atoms with Gasteiger partial charge in [0.15, 0.2) is 0 Å². The summed E-state index contributed by atoms with van der Waals surface area (Å²) in [5, 5.41) is 2.77. The fourth-order valence-electron chi connectivity index (χ4n) is 1.17. The van der Waals surface area contributed by atoms with Crippen LogP contribution in [0.2, 0.25) is 0 Å². The number of pyridine rings is 1. The smallest absolute Gasteiger partial charge is 0.309 e. The van der Waals surface area contributed by atoms with Gasteiger partial charge in [0.2, 0.25) is 0 Å². The Morgan fingerprint density at radius 2 is 2.13 bits per heavy atom. The molecule has 1 N–H and O–H groups in total. The normalized spacial score (nSPS) is 13.9. The largest absolute Gasteiger partial charge is 0.390 e. The molecule has 0 aliphatic heterocycles. The lowest BCUT2D eigenvalue weighted by Gasteiger charge is -2.13. The first kappa shape index (κ1) is 12.0. The zero-order chi connectivity index (χ0) is 11.3. The number of hydrogen-bond donors (Lipinski definition) is 1. The highest BCUT2D eigenvalue weighted by Crippen LogP contribution is 2.19. The Morgan fingerprint density at radius 3 is 2.67 bits per heavy atom. The van der Waals surface area contributed by atoms with E-state index in [1.54, 1.807) is 25.3 Å². The molecule has 2 nitrogen and oxygen atoms in total. The Bertz CT molecular complexity index is 284. The third-order valence-electron chi connectivity index (χ3n) is 1.99. The lowest BCUT2D eigenvalue weighted by Crippen LogP contribution is -2.24. The quantitative estimate of drug-likeness (QED) is 0.840. The van der Waals surface area contributed by atoms with E-state index in [0.717, 1.165) is 5.69 Å². The molecular weight excluding hydrogens is 205 g/mol. The van der Waals surface area contributed by atoms with Crippen LogP contribution >= 0.6 is 0 Å². The molecule has 1 atom stereocenters. The highest BCUT2D eigenvalue weighted by Gasteiger charge is 2.26. The summed E-state index contributed by atoms with van der Waals surface area (Å²) in [4.78, 5) is 4.05. The van der Waals surface area contributed by atoms with Crippen molar-refractivity contribution in [1.29, 1.82) is 0 Å². The van der Waals surface area contributed by atoms with Gasteiger partial charge in [-0.1, -0.05) is 6.07 Å². The van der Waals surface area contributed by atoms with Crippen LogP contribution in [-0.2, 0) is 0 Å². The predicted octanol–water partition coefficient (Wildman–Crippen LogP) is 2.68. The van der Waals surface area contributed by atoms with Crippen molar-refractivity contribution in [3.8, 4) is 0 Å². The molecule has 1 rings (SSSR count). The van der Waals surface area contributed by atoms with Gasteiger partial charge in [0.05, 0.1) is 12.1 Å². The van der Waals surface area contributed by atoms with Crippen LogP contribution in [0.15, 0.2) is 24.4 Å². The van der Waals surface area contributed by atoms with Crippen molar-refractivity contribution in [2.75, 3.05) is 6.54 Å². The van der Waals surface area contributed by atoms with E-state index >= 15 is 0 Å². The molecule has 0 fully saturated rings. The molecule has 0 aliphatic carbocycles. The second-order valence-electron chi connectivity index (χ2n) is 3.30. The number of halogens is 3. The number of nitrogens with zero attached hydrogens (tertiary/aromatic N) is 1. The van der Waals surface area contributed by atoms with Crippen molar-refractivity contribution in [1.82, 2.24) is 10.3 Å². The standard InChI is InChI=1S/C10H13F3N2/c1-8(9-4-2-3-6-15-9)14-7-5-10(11,12)13/h2-4,6,8,14H,5,7H2,1H3/t8-/m1/s1. The van der Waals surface area contributed by atoms with E-state index in [1.165, 1.54) is 0 Å². The first-order valence-corrected chi connectivity index (χ1v) is 4.70. The van der Waals surface area contributed by atoms with Crippen molar-refractivity contribution >= 4 is 0 Å². The number of aromatic nitrogens is 1. The van der Waals surface area contributed by atoms with E-state index in [1.807, 2.05) is 6.07 Å². The molecule has 1 aromatic rings. The molecule has 0 saturated heterocycles. The van der Waals surface area contributed by atoms with E-state index in [4.69, 9.17) is 0 Å². The highest BCUT2D eigenvalue weighted by molar-refractivity contribution is 5.07. The maximum Gasteiger partial charge on any atom is 0.390 e. The average Bonchev–Trinajstić information content (AvgIpc) is 2.17. The number of hydrogen-bond acceptors (Lipinski definition) is 2. The highest BCUT2D eigenvalue weighted by atomic mass is 19.4. The van der Waals surface area contributed by atoms with Crippen LogP contribution in [0.4, 0.5) is 13.2 Å². The van der Waals surface area contributed by atoms with Gasteiger partial charge in [-0.2, -0.15) is 13.2 Å². The third kappa shape index (κ3) is 4.78. The lowest BCUT2D eigenvalue weighted by molar-refractivity contribution is -0.133. The monoisotopic (exact) mass is 218 g/mol. The molecule has 0 unspecified atom stereocenters. The first-order valence-electron chi connectivity index (χ1n) is 4.70. The van der Waals surface area contributed by atoms with Gasteiger partial charge >= 0.3 is 6.18 Å². The van der Waals surface area contributed by atoms with Crippen LogP contribution in [0.5, 0.6) is 0 Å². The Balaban J connectivity index is 2.34. The van der Waals surface area contributed by atoms with Crippen molar-refractivity contribution in [2.45, 2.75) is 25.6 Å². The van der Waals surface area contributed by atoms with Crippen LogP contribution in [0, 0.1) is 0 Å². The summed E-state index contributed by atoms with van der Waals surface area (Å²) in [6, 6.07) is 5.20. The molecule has 0 saturated carbocycles. The number of alkyl halides is 3. The Labute approximate surface area is 86.5 Å². The molecule has 0 amide bonds. The molecule has 0 radical (unpaired) electrons. The van der Waals surface area contributed by atoms with Crippen LogP contribution in [-0.4, -0.2) is 17.7 Å². The SMILES string of the molecule is C[C@@H](NCCC(F)(F)F)c1ccccn1. The van der Waals surface area contributed by atoms with Crippen LogP contribution < -0.4 is 5.32 Å². The molecule has 15 heavy (non-hydrogen) atoms. The minimum atomic E-state index is -4.10. The van der Waals surface area contributed by atoms with Gasteiger partial charge in [-0.05, 0) is 19.1 Å². The van der Waals surface area contributed by atoms with Crippen molar-refractivity contribution < 1.29 is 13.2 Å². The summed E-state index contributed by atoms with van der Waals surface area (Å²) >= 11 is 0. The van der Waals surface area contributed by atoms with E-state index in [0.29, 0.717) is 0 Å². The zero-order valence-corrected chi connectivity index (χ0v) is 8.38. The van der Waals surface area contributed by atoms with Gasteiger partial charge < -0.3 is 5.32 Å². The summed E-state index contributed by atoms with van der Waals surface area (Å²) in [5.41, 5.74) is 0.750. The Hall–Kier alpha value is -1.10. The van der Waals surface area contributed by atoms with Gasteiger partial charge in [0, 0.05) is 18.8 Å². The Morgan fingerprint density at radius 1 is 1.40 bits per heavy atom. The summed E-state index contributed by atoms with van der Waals surface area (Å²) in [5.74, 6) is 0. The predicted molar refractivity (Wildman–Crippen MR) is 51.3 cm³/mol. The minimum absolute atomic E-state index is 0.0821. The number of nitrogens with one attached hydrogen (secondary N) is 1. The molecule has 0 aliphatic rings. The van der Waals surface area contributed by atoms with Crippen LogP contribution in [0.1, 0.15) is 25.1 Å². The van der Waals surface area contributed by atoms with Gasteiger partial charge in [0.1, 0.15) is 0 Å². The van der Waals surface area contributed by atoms with Gasteiger partial charge in [0.25, 0.3) is 0 Å². The zero-order valence-electron chi connectivity index (χ0n) is 8.38. The molecule has 84 valence electrons. The third-order valence-corrected chi connectivity index (χ3v) is 1.99. The summed E-state index contributed by atoms with van der Waals surface area (Å²) in [6.45, 7) is 1.71. The van der Waals surface area contributed by atoms with E-state index in [9.17, 15) is 13.2 Å². The van der Waals surface area contributed by atoms with E-state index in [-0.39, 0.29) is 12.6 Å². The Kier molecular flexibility index (Phi) is 4.08. The lowest BCUT2D eigenvalue weighted by atomic mass is 10.2. The maximum absolute atomic E-state index is 11.9. The van der Waals surface area contributed by atoms with Crippen molar-refractivity contribution in [3.05, 3.63) is 30.1 Å². The first-order chi connectivity index (χ1) is 6.99. The van der Waals surface area contributed by atoms with Gasteiger partial charge in [-0.15, -0.1) is 0 Å². The summed E-state index contributed by atoms with van der Waals surface area (Å²) < 4.78 is 35.6. The molecular formula is C10H13F3N2. The molecule has 5 heteroatoms. The minimum Gasteiger partial charge on any atom is -0.309 e. The summed E-state index contributed by atoms with van der Waals surface area (Å²) in [7, 11) is 0. The molecule has 1 aromatic heterocycles. The molecule has 0 aromatic carbocycles. The molecule has 1 heterocycles. The van der Waals surface area contributed by atoms with Crippen molar-refractivity contribution in [2.24, 2.45) is 0 Å². The topological polar surface area (TPSA) is 24.9 Å². The second kappa shape index (κ2) is 5.11. The van der Waals surface area contributed by atoms with Crippen LogP contribution in [0.3, 0.4) is 0 Å². The number of rotatable bonds is 4. The van der Waals surface area contributed by atoms with Gasteiger partial charge in [-0.25, -0.2) is 0 Å². The van der Waals surface area contributed by atoms with E-state index in [2.05, 4.69) is 10.3 Å². The average molecular weight is 218 g/mol. The second-order valence-corrected chi connectivity index (χ2v) is 3.30. The maximum atomic E-state index is 11.9. The van der Waals surface area contributed by atoms with E-state index < -0.39 is 12.6 Å². The van der Waals surface area contributed by atoms with Gasteiger partial charge in [-0.3, -0.25) is 4.98 Å². The fourth-order valence-corrected chi connectivity index (χ4v) is 1.17. The van der Waals surface area contributed by atoms with Crippen LogP contribution in [0.25, 0.3) is 0 Å². The molecule has 0 spiro atoms.